The molecule has 1 aromatic carbocycles. The zero-order chi connectivity index (χ0) is 23.9. The van der Waals surface area contributed by atoms with Gasteiger partial charge in [0.25, 0.3) is 5.91 Å². The molecule has 1 atom stereocenters. The molecule has 0 aliphatic carbocycles. The highest BCUT2D eigenvalue weighted by molar-refractivity contribution is 6.62. The minimum atomic E-state index is -0.702. The molecule has 1 aromatic rings. The Morgan fingerprint density at radius 3 is 2.38 bits per heavy atom. The number of hydrogen-bond acceptors (Lipinski definition) is 5. The number of hydrogen-bond donors (Lipinski definition) is 1. The summed E-state index contributed by atoms with van der Waals surface area (Å²) < 4.78 is 32.2. The fourth-order valence-electron chi connectivity index (χ4n) is 3.69. The molecule has 0 aromatic heterocycles. The van der Waals surface area contributed by atoms with Crippen molar-refractivity contribution < 1.29 is 28.0 Å². The molecule has 32 heavy (non-hydrogen) atoms. The van der Waals surface area contributed by atoms with Crippen LogP contribution in [0.25, 0.3) is 0 Å². The average Bonchev–Trinajstić information content (AvgIpc) is 2.87. The van der Waals surface area contributed by atoms with Crippen molar-refractivity contribution in [2.24, 2.45) is 0 Å². The topological polar surface area (TPSA) is 77.1 Å². The number of ether oxygens (including phenoxy) is 1. The molecule has 2 heterocycles. The number of carbonyl (C=O) groups is 2. The van der Waals surface area contributed by atoms with Gasteiger partial charge >= 0.3 is 13.2 Å². The number of halogens is 1. The van der Waals surface area contributed by atoms with Gasteiger partial charge < -0.3 is 24.3 Å². The van der Waals surface area contributed by atoms with E-state index in [2.05, 4.69) is 5.32 Å². The maximum Gasteiger partial charge on any atom is 0.494 e. The van der Waals surface area contributed by atoms with Gasteiger partial charge in [0.15, 0.2) is 0 Å². The Bertz CT molecular complexity index is 868. The zero-order valence-electron chi connectivity index (χ0n) is 20.1. The molecule has 3 rings (SSSR count). The Morgan fingerprint density at radius 2 is 1.81 bits per heavy atom. The van der Waals surface area contributed by atoms with Crippen molar-refractivity contribution in [3.05, 3.63) is 29.6 Å². The SMILES string of the molecule is CC(C)(C)OC(=O)N1CCC[C@H](NC(=O)c2ccc(B3OC(C)(C)C(C)(C)O3)cc2F)C1. The summed E-state index contributed by atoms with van der Waals surface area (Å²) in [6.45, 7) is 14.0. The van der Waals surface area contributed by atoms with Crippen LogP contribution >= 0.6 is 0 Å². The first-order valence-corrected chi connectivity index (χ1v) is 11.1. The van der Waals surface area contributed by atoms with E-state index in [4.69, 9.17) is 14.0 Å². The van der Waals surface area contributed by atoms with E-state index >= 15 is 0 Å². The van der Waals surface area contributed by atoms with Crippen LogP contribution in [0.2, 0.25) is 0 Å². The van der Waals surface area contributed by atoms with Gasteiger partial charge in [0.05, 0.1) is 16.8 Å². The van der Waals surface area contributed by atoms with E-state index in [0.29, 0.717) is 25.0 Å². The number of nitrogens with zero attached hydrogens (tertiary/aromatic N) is 1. The third kappa shape index (κ3) is 5.43. The Balaban J connectivity index is 1.64. The molecule has 2 fully saturated rings. The third-order valence-electron chi connectivity index (χ3n) is 6.17. The van der Waals surface area contributed by atoms with Crippen LogP contribution < -0.4 is 10.8 Å². The second-order valence-electron chi connectivity index (χ2n) is 10.6. The summed E-state index contributed by atoms with van der Waals surface area (Å²) in [5, 5.41) is 2.85. The van der Waals surface area contributed by atoms with Crippen LogP contribution in [0.3, 0.4) is 0 Å². The minimum Gasteiger partial charge on any atom is -0.444 e. The Hall–Kier alpha value is -2.13. The van der Waals surface area contributed by atoms with Crippen LogP contribution in [0.15, 0.2) is 18.2 Å². The Kier molecular flexibility index (Phi) is 6.64. The van der Waals surface area contributed by atoms with Crippen molar-refractivity contribution in [1.82, 2.24) is 10.2 Å². The number of benzene rings is 1. The van der Waals surface area contributed by atoms with Gasteiger partial charge in [0, 0.05) is 19.1 Å². The quantitative estimate of drug-likeness (QED) is 0.719. The summed E-state index contributed by atoms with van der Waals surface area (Å²) in [6.07, 6.45) is 1.03. The van der Waals surface area contributed by atoms with Crippen molar-refractivity contribution in [1.29, 1.82) is 0 Å². The fraction of sp³-hybridized carbons (Fsp3) is 0.652. The summed E-state index contributed by atoms with van der Waals surface area (Å²) in [5.41, 5.74) is -1.20. The predicted octanol–water partition coefficient (Wildman–Crippen LogP) is 3.25. The molecular formula is C23H34BFN2O5. The molecule has 2 aliphatic rings. The summed E-state index contributed by atoms with van der Waals surface area (Å²) in [6, 6.07) is 4.10. The van der Waals surface area contributed by atoms with E-state index < -0.39 is 41.7 Å². The van der Waals surface area contributed by atoms with Gasteiger partial charge in [-0.3, -0.25) is 4.79 Å². The van der Waals surface area contributed by atoms with Gasteiger partial charge in [-0.15, -0.1) is 0 Å². The molecule has 2 aliphatic heterocycles. The lowest BCUT2D eigenvalue weighted by atomic mass is 9.78. The van der Waals surface area contributed by atoms with Crippen LogP contribution in [0, 0.1) is 5.82 Å². The number of piperidine rings is 1. The molecule has 9 heteroatoms. The van der Waals surface area contributed by atoms with Gasteiger partial charge in [-0.25, -0.2) is 9.18 Å². The summed E-state index contributed by atoms with van der Waals surface area (Å²) in [7, 11) is -0.702. The molecule has 0 unspecified atom stereocenters. The van der Waals surface area contributed by atoms with Gasteiger partial charge in [-0.05, 0) is 78.9 Å². The highest BCUT2D eigenvalue weighted by Gasteiger charge is 2.51. The van der Waals surface area contributed by atoms with Gasteiger partial charge in [-0.1, -0.05) is 6.07 Å². The minimum absolute atomic E-state index is 0.0559. The highest BCUT2D eigenvalue weighted by atomic mass is 19.1. The molecule has 2 saturated heterocycles. The maximum atomic E-state index is 14.8. The number of likely N-dealkylation sites (tertiary alicyclic amines) is 1. The number of rotatable bonds is 3. The normalized spacial score (nSPS) is 22.6. The summed E-state index contributed by atoms with van der Waals surface area (Å²) in [4.78, 5) is 26.6. The first-order chi connectivity index (χ1) is 14.7. The van der Waals surface area contributed by atoms with Crippen LogP contribution in [0.1, 0.15) is 71.7 Å². The largest absolute Gasteiger partial charge is 0.494 e. The van der Waals surface area contributed by atoms with E-state index in [9.17, 15) is 14.0 Å². The molecule has 0 radical (unpaired) electrons. The molecule has 0 saturated carbocycles. The second kappa shape index (κ2) is 8.67. The Labute approximate surface area is 190 Å². The Morgan fingerprint density at radius 1 is 1.19 bits per heavy atom. The van der Waals surface area contributed by atoms with Crippen molar-refractivity contribution in [2.75, 3.05) is 13.1 Å². The third-order valence-corrected chi connectivity index (χ3v) is 6.17. The van der Waals surface area contributed by atoms with Crippen LogP contribution in [0.4, 0.5) is 9.18 Å². The van der Waals surface area contributed by atoms with E-state index in [1.165, 1.54) is 12.1 Å². The van der Waals surface area contributed by atoms with Crippen molar-refractivity contribution in [3.8, 4) is 0 Å². The lowest BCUT2D eigenvalue weighted by Gasteiger charge is -2.34. The van der Waals surface area contributed by atoms with Crippen LogP contribution in [-0.4, -0.2) is 60.0 Å². The first kappa shape index (κ1) is 24.5. The van der Waals surface area contributed by atoms with Gasteiger partial charge in [-0.2, -0.15) is 0 Å². The molecular weight excluding hydrogens is 414 g/mol. The van der Waals surface area contributed by atoms with Crippen molar-refractivity contribution in [2.45, 2.75) is 84.2 Å². The monoisotopic (exact) mass is 448 g/mol. The van der Waals surface area contributed by atoms with Crippen LogP contribution in [0.5, 0.6) is 0 Å². The van der Waals surface area contributed by atoms with Crippen LogP contribution in [-0.2, 0) is 14.0 Å². The van der Waals surface area contributed by atoms with Crippen molar-refractivity contribution in [3.63, 3.8) is 0 Å². The maximum absolute atomic E-state index is 14.8. The van der Waals surface area contributed by atoms with Crippen molar-refractivity contribution >= 4 is 24.6 Å². The van der Waals surface area contributed by atoms with E-state index in [-0.39, 0.29) is 11.6 Å². The first-order valence-electron chi connectivity index (χ1n) is 11.1. The summed E-state index contributed by atoms with van der Waals surface area (Å²) in [5.74, 6) is -1.16. The number of amides is 2. The molecule has 1 N–H and O–H groups in total. The highest BCUT2D eigenvalue weighted by Crippen LogP contribution is 2.36. The smallest absolute Gasteiger partial charge is 0.444 e. The second-order valence-corrected chi connectivity index (χ2v) is 10.6. The van der Waals surface area contributed by atoms with E-state index in [0.717, 1.165) is 6.42 Å². The molecule has 176 valence electrons. The number of carbonyl (C=O) groups excluding carboxylic acids is 2. The molecule has 7 nitrogen and oxygen atoms in total. The number of nitrogens with one attached hydrogen (secondary N) is 1. The zero-order valence-corrected chi connectivity index (χ0v) is 20.1. The lowest BCUT2D eigenvalue weighted by molar-refractivity contribution is 0.00578. The van der Waals surface area contributed by atoms with E-state index in [1.807, 2.05) is 48.5 Å². The fourth-order valence-corrected chi connectivity index (χ4v) is 3.69. The predicted molar refractivity (Wildman–Crippen MR) is 120 cm³/mol. The van der Waals surface area contributed by atoms with Gasteiger partial charge in [0.2, 0.25) is 0 Å². The van der Waals surface area contributed by atoms with Gasteiger partial charge in [0.1, 0.15) is 11.4 Å². The molecule has 0 spiro atoms. The lowest BCUT2D eigenvalue weighted by Crippen LogP contribution is -2.50. The van der Waals surface area contributed by atoms with E-state index in [1.54, 1.807) is 11.0 Å². The summed E-state index contributed by atoms with van der Waals surface area (Å²) >= 11 is 0. The molecule has 2 amide bonds. The average molecular weight is 448 g/mol. The molecule has 0 bridgehead atoms. The standard InChI is InChI=1S/C23H34BFN2O5/c1-21(2,3)30-20(29)27-12-8-9-16(14-27)26-19(28)17-11-10-15(13-18(17)25)24-31-22(4,5)23(6,7)32-24/h10-11,13,16H,8-9,12,14H2,1-7H3,(H,26,28)/t16-/m0/s1.